The van der Waals surface area contributed by atoms with Gasteiger partial charge in [-0.3, -0.25) is 0 Å². The second kappa shape index (κ2) is 6.09. The molecule has 0 heterocycles. The molecule has 0 saturated carbocycles. The Kier molecular flexibility index (Phi) is 4.23. The van der Waals surface area contributed by atoms with Crippen LogP contribution in [-0.4, -0.2) is 17.1 Å². The third kappa shape index (κ3) is 3.82. The van der Waals surface area contributed by atoms with Gasteiger partial charge in [0.15, 0.2) is 0 Å². The highest BCUT2D eigenvalue weighted by Gasteiger charge is 2.11. The van der Waals surface area contributed by atoms with Gasteiger partial charge in [-0.2, -0.15) is 0 Å². The van der Waals surface area contributed by atoms with Crippen LogP contribution < -0.4 is 10.6 Å². The first-order valence-corrected chi connectivity index (χ1v) is 6.44. The minimum Gasteiger partial charge on any atom is -0.478 e. The highest BCUT2D eigenvalue weighted by molar-refractivity contribution is 6.04. The molecule has 0 fully saturated rings. The van der Waals surface area contributed by atoms with Crippen molar-refractivity contribution in [3.05, 3.63) is 59.2 Å². The summed E-state index contributed by atoms with van der Waals surface area (Å²) in [6.45, 7) is 3.88. The van der Waals surface area contributed by atoms with E-state index in [-0.39, 0.29) is 11.3 Å². The molecule has 5 heteroatoms. The van der Waals surface area contributed by atoms with Gasteiger partial charge in [0.25, 0.3) is 0 Å². The van der Waals surface area contributed by atoms with Crippen molar-refractivity contribution in [3.63, 3.8) is 0 Å². The monoisotopic (exact) mass is 284 g/mol. The molecule has 0 radical (unpaired) electrons. The number of urea groups is 1. The summed E-state index contributed by atoms with van der Waals surface area (Å²) in [5, 5.41) is 14.3. The highest BCUT2D eigenvalue weighted by atomic mass is 16.4. The molecule has 0 saturated heterocycles. The number of carbonyl (C=O) groups is 2. The smallest absolute Gasteiger partial charge is 0.337 e. The molecule has 2 rings (SSSR count). The lowest BCUT2D eigenvalue weighted by Gasteiger charge is -2.11. The number of aryl methyl sites for hydroxylation is 2. The number of benzene rings is 2. The molecule has 2 aromatic carbocycles. The van der Waals surface area contributed by atoms with Crippen LogP contribution in [0, 0.1) is 13.8 Å². The van der Waals surface area contributed by atoms with Gasteiger partial charge in [-0.05, 0) is 49.2 Å². The topological polar surface area (TPSA) is 78.4 Å². The Morgan fingerprint density at radius 3 is 2.19 bits per heavy atom. The first-order valence-electron chi connectivity index (χ1n) is 6.44. The summed E-state index contributed by atoms with van der Waals surface area (Å²) in [4.78, 5) is 23.0. The molecule has 0 aliphatic rings. The summed E-state index contributed by atoms with van der Waals surface area (Å²) < 4.78 is 0. The Balaban J connectivity index is 2.14. The molecule has 0 unspecified atom stereocenters. The maximum atomic E-state index is 12.0. The van der Waals surface area contributed by atoms with Crippen LogP contribution in [-0.2, 0) is 0 Å². The van der Waals surface area contributed by atoms with Gasteiger partial charge in [-0.25, -0.2) is 9.59 Å². The number of hydrogen-bond donors (Lipinski definition) is 3. The quantitative estimate of drug-likeness (QED) is 0.805. The molecule has 0 spiro atoms. The van der Waals surface area contributed by atoms with Gasteiger partial charge in [-0.1, -0.05) is 18.2 Å². The summed E-state index contributed by atoms with van der Waals surface area (Å²) in [6.07, 6.45) is 0. The summed E-state index contributed by atoms with van der Waals surface area (Å²) in [5.41, 5.74) is 3.05. The lowest BCUT2D eigenvalue weighted by molar-refractivity contribution is 0.0698. The van der Waals surface area contributed by atoms with Crippen molar-refractivity contribution in [1.82, 2.24) is 0 Å². The zero-order chi connectivity index (χ0) is 15.4. The minimum atomic E-state index is -1.09. The second-order valence-corrected chi connectivity index (χ2v) is 4.81. The number of carboxylic acids is 1. The van der Waals surface area contributed by atoms with Crippen LogP contribution in [0.1, 0.15) is 21.5 Å². The maximum absolute atomic E-state index is 12.0. The van der Waals surface area contributed by atoms with Gasteiger partial charge in [-0.15, -0.1) is 0 Å². The third-order valence-electron chi connectivity index (χ3n) is 2.89. The lowest BCUT2D eigenvalue weighted by atomic mass is 10.1. The van der Waals surface area contributed by atoms with E-state index in [0.29, 0.717) is 5.69 Å². The number of hydrogen-bond acceptors (Lipinski definition) is 2. The van der Waals surface area contributed by atoms with Crippen LogP contribution in [0.15, 0.2) is 42.5 Å². The van der Waals surface area contributed by atoms with E-state index in [9.17, 15) is 9.59 Å². The zero-order valence-electron chi connectivity index (χ0n) is 11.8. The van der Waals surface area contributed by atoms with Crippen LogP contribution >= 0.6 is 0 Å². The van der Waals surface area contributed by atoms with E-state index in [1.54, 1.807) is 18.2 Å². The number of aromatic carboxylic acids is 1. The molecule has 0 aromatic heterocycles. The lowest BCUT2D eigenvalue weighted by Crippen LogP contribution is -2.21. The fourth-order valence-corrected chi connectivity index (χ4v) is 2.11. The van der Waals surface area contributed by atoms with Crippen molar-refractivity contribution in [2.45, 2.75) is 13.8 Å². The normalized spacial score (nSPS) is 10.0. The average Bonchev–Trinajstić information content (AvgIpc) is 2.37. The van der Waals surface area contributed by atoms with Crippen LogP contribution in [0.25, 0.3) is 0 Å². The molecule has 0 atom stereocenters. The first kappa shape index (κ1) is 14.6. The number of para-hydroxylation sites is 1. The van der Waals surface area contributed by atoms with Crippen molar-refractivity contribution < 1.29 is 14.7 Å². The molecular weight excluding hydrogens is 268 g/mol. The molecule has 0 bridgehead atoms. The summed E-state index contributed by atoms with van der Waals surface area (Å²) in [5.74, 6) is -1.09. The average molecular weight is 284 g/mol. The summed E-state index contributed by atoms with van der Waals surface area (Å²) >= 11 is 0. The fraction of sp³-hybridized carbons (Fsp3) is 0.125. The summed E-state index contributed by atoms with van der Waals surface area (Å²) in [7, 11) is 0. The number of nitrogens with one attached hydrogen (secondary N) is 2. The Morgan fingerprint density at radius 1 is 0.952 bits per heavy atom. The largest absolute Gasteiger partial charge is 0.478 e. The molecule has 2 aromatic rings. The Morgan fingerprint density at radius 2 is 1.57 bits per heavy atom. The van der Waals surface area contributed by atoms with E-state index < -0.39 is 12.0 Å². The fourth-order valence-electron chi connectivity index (χ4n) is 2.11. The van der Waals surface area contributed by atoms with Crippen LogP contribution in [0.5, 0.6) is 0 Å². The number of rotatable bonds is 3. The van der Waals surface area contributed by atoms with Gasteiger partial charge in [0.05, 0.1) is 11.3 Å². The zero-order valence-corrected chi connectivity index (χ0v) is 11.8. The predicted molar refractivity (Wildman–Crippen MR) is 82.0 cm³/mol. The first-order chi connectivity index (χ1) is 9.95. The van der Waals surface area contributed by atoms with Crippen LogP contribution in [0.2, 0.25) is 0 Å². The summed E-state index contributed by atoms with van der Waals surface area (Å²) in [6, 6.07) is 11.5. The molecule has 108 valence electrons. The van der Waals surface area contributed by atoms with Crippen molar-refractivity contribution in [2.75, 3.05) is 10.6 Å². The molecule has 3 N–H and O–H groups in total. The van der Waals surface area contributed by atoms with Crippen molar-refractivity contribution in [2.24, 2.45) is 0 Å². The number of carbonyl (C=O) groups excluding carboxylic acids is 1. The van der Waals surface area contributed by atoms with E-state index >= 15 is 0 Å². The number of carboxylic acid groups (broad SMARTS) is 1. The SMILES string of the molecule is Cc1cc(C)cc(NC(=O)Nc2ccccc2C(=O)O)c1. The molecule has 0 aliphatic carbocycles. The van der Waals surface area contributed by atoms with Crippen molar-refractivity contribution in [1.29, 1.82) is 0 Å². The molecule has 0 aliphatic heterocycles. The number of anilines is 2. The van der Waals surface area contributed by atoms with Gasteiger partial charge in [0.1, 0.15) is 0 Å². The highest BCUT2D eigenvalue weighted by Crippen LogP contribution is 2.17. The predicted octanol–water partition coefficient (Wildman–Crippen LogP) is 3.65. The number of amides is 2. The van der Waals surface area contributed by atoms with Gasteiger partial charge in [0.2, 0.25) is 0 Å². The van der Waals surface area contributed by atoms with Crippen molar-refractivity contribution >= 4 is 23.4 Å². The van der Waals surface area contributed by atoms with Gasteiger partial charge >= 0.3 is 12.0 Å². The van der Waals surface area contributed by atoms with E-state index in [2.05, 4.69) is 10.6 Å². The maximum Gasteiger partial charge on any atom is 0.337 e. The van der Waals surface area contributed by atoms with Gasteiger partial charge in [0, 0.05) is 5.69 Å². The Labute approximate surface area is 122 Å². The van der Waals surface area contributed by atoms with E-state index in [1.807, 2.05) is 32.0 Å². The standard InChI is InChI=1S/C16H16N2O3/c1-10-7-11(2)9-12(8-10)17-16(21)18-14-6-4-3-5-13(14)15(19)20/h3-9H,1-2H3,(H,19,20)(H2,17,18,21). The Hall–Kier alpha value is -2.82. The van der Waals surface area contributed by atoms with Crippen LogP contribution in [0.4, 0.5) is 16.2 Å². The van der Waals surface area contributed by atoms with E-state index in [1.165, 1.54) is 6.07 Å². The van der Waals surface area contributed by atoms with Gasteiger partial charge < -0.3 is 15.7 Å². The molecule has 5 nitrogen and oxygen atoms in total. The second-order valence-electron chi connectivity index (χ2n) is 4.81. The van der Waals surface area contributed by atoms with Crippen molar-refractivity contribution in [3.8, 4) is 0 Å². The Bertz CT molecular complexity index is 675. The molecular formula is C16H16N2O3. The molecule has 21 heavy (non-hydrogen) atoms. The van der Waals surface area contributed by atoms with E-state index in [4.69, 9.17) is 5.11 Å². The third-order valence-corrected chi connectivity index (χ3v) is 2.89. The minimum absolute atomic E-state index is 0.0491. The molecule has 2 amide bonds. The van der Waals surface area contributed by atoms with Crippen LogP contribution in [0.3, 0.4) is 0 Å². The van der Waals surface area contributed by atoms with E-state index in [0.717, 1.165) is 11.1 Å².